The van der Waals surface area contributed by atoms with Crippen LogP contribution in [0.25, 0.3) is 0 Å². The molecule has 1 aromatic heterocycles. The SMILES string of the molecule is OCC(Cc1ccccc1)Nc1cc(F)ncn1. The maximum Gasteiger partial charge on any atom is 0.217 e. The van der Waals surface area contributed by atoms with Crippen molar-refractivity contribution in [2.75, 3.05) is 11.9 Å². The van der Waals surface area contributed by atoms with Crippen molar-refractivity contribution in [2.24, 2.45) is 0 Å². The maximum atomic E-state index is 12.9. The molecule has 0 amide bonds. The van der Waals surface area contributed by atoms with E-state index in [2.05, 4.69) is 15.3 Å². The van der Waals surface area contributed by atoms with Crippen molar-refractivity contribution in [1.29, 1.82) is 0 Å². The van der Waals surface area contributed by atoms with Gasteiger partial charge in [0.15, 0.2) is 0 Å². The second-order valence-electron chi connectivity index (χ2n) is 3.94. The molecule has 0 bridgehead atoms. The molecule has 0 fully saturated rings. The molecule has 1 aromatic carbocycles. The summed E-state index contributed by atoms with van der Waals surface area (Å²) >= 11 is 0. The molecule has 2 aromatic rings. The minimum absolute atomic E-state index is 0.0550. The van der Waals surface area contributed by atoms with E-state index in [9.17, 15) is 9.50 Å². The molecular formula is C13H14FN3O. The maximum absolute atomic E-state index is 12.9. The fourth-order valence-corrected chi connectivity index (χ4v) is 1.68. The molecule has 1 heterocycles. The zero-order valence-electron chi connectivity index (χ0n) is 9.75. The molecule has 0 aliphatic heterocycles. The molecule has 18 heavy (non-hydrogen) atoms. The lowest BCUT2D eigenvalue weighted by Gasteiger charge is -2.16. The van der Waals surface area contributed by atoms with Gasteiger partial charge in [-0.15, -0.1) is 0 Å². The fourth-order valence-electron chi connectivity index (χ4n) is 1.68. The van der Waals surface area contributed by atoms with Crippen LogP contribution in [0.1, 0.15) is 5.56 Å². The van der Waals surface area contributed by atoms with Gasteiger partial charge in [-0.2, -0.15) is 4.39 Å². The van der Waals surface area contributed by atoms with Gasteiger partial charge in [0.05, 0.1) is 12.6 Å². The molecule has 2 N–H and O–H groups in total. The Morgan fingerprint density at radius 2 is 2.00 bits per heavy atom. The highest BCUT2D eigenvalue weighted by Gasteiger charge is 2.09. The number of aliphatic hydroxyl groups excluding tert-OH is 1. The molecule has 5 heteroatoms. The average Bonchev–Trinajstić information content (AvgIpc) is 2.39. The monoisotopic (exact) mass is 247 g/mol. The third-order valence-corrected chi connectivity index (χ3v) is 2.53. The highest BCUT2D eigenvalue weighted by atomic mass is 19.1. The van der Waals surface area contributed by atoms with Gasteiger partial charge in [0, 0.05) is 6.07 Å². The second kappa shape index (κ2) is 6.07. The summed E-state index contributed by atoms with van der Waals surface area (Å²) in [4.78, 5) is 7.27. The van der Waals surface area contributed by atoms with E-state index in [1.54, 1.807) is 0 Å². The minimum atomic E-state index is -0.594. The van der Waals surface area contributed by atoms with Crippen LogP contribution in [-0.2, 0) is 6.42 Å². The largest absolute Gasteiger partial charge is 0.394 e. The van der Waals surface area contributed by atoms with Crippen LogP contribution >= 0.6 is 0 Å². The summed E-state index contributed by atoms with van der Waals surface area (Å²) in [6.45, 7) is -0.0550. The quantitative estimate of drug-likeness (QED) is 0.788. The number of aromatic nitrogens is 2. The van der Waals surface area contributed by atoms with Crippen molar-refractivity contribution < 1.29 is 9.50 Å². The number of nitrogens with one attached hydrogen (secondary N) is 1. The summed E-state index contributed by atoms with van der Waals surface area (Å²) in [7, 11) is 0. The molecule has 2 rings (SSSR count). The van der Waals surface area contributed by atoms with Gasteiger partial charge in [-0.25, -0.2) is 9.97 Å². The van der Waals surface area contributed by atoms with Crippen LogP contribution in [0.15, 0.2) is 42.7 Å². The van der Waals surface area contributed by atoms with Gasteiger partial charge in [-0.05, 0) is 12.0 Å². The van der Waals surface area contributed by atoms with E-state index in [4.69, 9.17) is 0 Å². The van der Waals surface area contributed by atoms with Gasteiger partial charge in [0.1, 0.15) is 12.1 Å². The Labute approximate surface area is 105 Å². The van der Waals surface area contributed by atoms with Gasteiger partial charge in [-0.1, -0.05) is 30.3 Å². The summed E-state index contributed by atoms with van der Waals surface area (Å²) in [6.07, 6.45) is 1.79. The van der Waals surface area contributed by atoms with Crippen LogP contribution < -0.4 is 5.32 Å². The molecule has 0 saturated heterocycles. The molecule has 0 saturated carbocycles. The Morgan fingerprint density at radius 1 is 1.22 bits per heavy atom. The first-order chi connectivity index (χ1) is 8.78. The highest BCUT2D eigenvalue weighted by Crippen LogP contribution is 2.09. The van der Waals surface area contributed by atoms with Crippen molar-refractivity contribution in [3.8, 4) is 0 Å². The normalized spacial score (nSPS) is 12.1. The number of nitrogens with zero attached hydrogens (tertiary/aromatic N) is 2. The lowest BCUT2D eigenvalue weighted by atomic mass is 10.1. The van der Waals surface area contributed by atoms with Crippen molar-refractivity contribution in [2.45, 2.75) is 12.5 Å². The van der Waals surface area contributed by atoms with Gasteiger partial charge in [0.2, 0.25) is 5.95 Å². The van der Waals surface area contributed by atoms with Crippen LogP contribution in [-0.4, -0.2) is 27.7 Å². The van der Waals surface area contributed by atoms with Crippen LogP contribution in [0.3, 0.4) is 0 Å². The van der Waals surface area contributed by atoms with Gasteiger partial charge >= 0.3 is 0 Å². The van der Waals surface area contributed by atoms with Gasteiger partial charge < -0.3 is 10.4 Å². The summed E-state index contributed by atoms with van der Waals surface area (Å²) in [6, 6.07) is 10.8. The van der Waals surface area contributed by atoms with Gasteiger partial charge in [-0.3, -0.25) is 0 Å². The van der Waals surface area contributed by atoms with E-state index < -0.39 is 5.95 Å². The van der Waals surface area contributed by atoms with Crippen LogP contribution in [0.4, 0.5) is 10.2 Å². The number of hydrogen-bond acceptors (Lipinski definition) is 4. The van der Waals surface area contributed by atoms with E-state index in [-0.39, 0.29) is 12.6 Å². The van der Waals surface area contributed by atoms with E-state index >= 15 is 0 Å². The third kappa shape index (κ3) is 3.49. The van der Waals surface area contributed by atoms with Crippen molar-refractivity contribution in [3.05, 3.63) is 54.2 Å². The molecule has 1 atom stereocenters. The predicted molar refractivity (Wildman–Crippen MR) is 66.6 cm³/mol. The Kier molecular flexibility index (Phi) is 4.20. The Hall–Kier alpha value is -2.01. The van der Waals surface area contributed by atoms with E-state index in [0.29, 0.717) is 12.2 Å². The summed E-state index contributed by atoms with van der Waals surface area (Å²) in [5.74, 6) is -0.221. The lowest BCUT2D eigenvalue weighted by Crippen LogP contribution is -2.26. The van der Waals surface area contributed by atoms with Crippen LogP contribution in [0.5, 0.6) is 0 Å². The number of anilines is 1. The Balaban J connectivity index is 2.01. The molecule has 0 aliphatic rings. The molecule has 1 unspecified atom stereocenters. The van der Waals surface area contributed by atoms with Crippen molar-refractivity contribution in [1.82, 2.24) is 9.97 Å². The highest BCUT2D eigenvalue weighted by molar-refractivity contribution is 5.34. The van der Waals surface area contributed by atoms with Crippen molar-refractivity contribution >= 4 is 5.82 Å². The zero-order chi connectivity index (χ0) is 12.8. The number of benzene rings is 1. The van der Waals surface area contributed by atoms with E-state index in [1.165, 1.54) is 6.07 Å². The van der Waals surface area contributed by atoms with Crippen molar-refractivity contribution in [3.63, 3.8) is 0 Å². The summed E-state index contributed by atoms with van der Waals surface area (Å²) in [5, 5.41) is 12.3. The minimum Gasteiger partial charge on any atom is -0.394 e. The average molecular weight is 247 g/mol. The number of rotatable bonds is 5. The summed E-state index contributed by atoms with van der Waals surface area (Å²) in [5.41, 5.74) is 1.10. The molecule has 94 valence electrons. The Bertz CT molecular complexity index is 493. The predicted octanol–water partition coefficient (Wildman–Crippen LogP) is 1.63. The standard InChI is InChI=1S/C13H14FN3O/c14-12-7-13(16-9-15-12)17-11(8-18)6-10-4-2-1-3-5-10/h1-5,7,9,11,18H,6,8H2,(H,15,16,17). The molecular weight excluding hydrogens is 233 g/mol. The smallest absolute Gasteiger partial charge is 0.217 e. The lowest BCUT2D eigenvalue weighted by molar-refractivity contribution is 0.273. The first-order valence-electron chi connectivity index (χ1n) is 5.67. The molecule has 4 nitrogen and oxygen atoms in total. The van der Waals surface area contributed by atoms with E-state index in [1.807, 2.05) is 30.3 Å². The third-order valence-electron chi connectivity index (χ3n) is 2.53. The van der Waals surface area contributed by atoms with Gasteiger partial charge in [0.25, 0.3) is 0 Å². The van der Waals surface area contributed by atoms with E-state index in [0.717, 1.165) is 11.9 Å². The Morgan fingerprint density at radius 3 is 2.67 bits per heavy atom. The first-order valence-corrected chi connectivity index (χ1v) is 5.67. The van der Waals surface area contributed by atoms with Crippen LogP contribution in [0.2, 0.25) is 0 Å². The topological polar surface area (TPSA) is 58.0 Å². The second-order valence-corrected chi connectivity index (χ2v) is 3.94. The number of hydrogen-bond donors (Lipinski definition) is 2. The molecule has 0 radical (unpaired) electrons. The molecule has 0 spiro atoms. The first kappa shape index (κ1) is 12.4. The molecule has 0 aliphatic carbocycles. The zero-order valence-corrected chi connectivity index (χ0v) is 9.75. The number of aliphatic hydroxyl groups is 1. The summed E-state index contributed by atoms with van der Waals surface area (Å²) < 4.78 is 12.9. The fraction of sp³-hybridized carbons (Fsp3) is 0.231. The number of halogens is 1. The van der Waals surface area contributed by atoms with Crippen LogP contribution in [0, 0.1) is 5.95 Å².